The van der Waals surface area contributed by atoms with Crippen LogP contribution in [0.1, 0.15) is 31.2 Å². The maximum atomic E-state index is 9.23. The summed E-state index contributed by atoms with van der Waals surface area (Å²) in [6, 6.07) is 15.7. The number of nitrogens with zero attached hydrogens (tertiary/aromatic N) is 2. The van der Waals surface area contributed by atoms with Gasteiger partial charge in [-0.1, -0.05) is 30.3 Å². The molecule has 0 unspecified atom stereocenters. The second-order valence-electron chi connectivity index (χ2n) is 6.92. The Labute approximate surface area is 177 Å². The predicted molar refractivity (Wildman–Crippen MR) is 125 cm³/mol. The van der Waals surface area contributed by atoms with Crippen molar-refractivity contribution in [3.63, 3.8) is 0 Å². The van der Waals surface area contributed by atoms with E-state index in [9.17, 15) is 10.2 Å². The fraction of sp³-hybridized carbons (Fsp3) is 0.250. The van der Waals surface area contributed by atoms with Gasteiger partial charge >= 0.3 is 0 Å². The molecule has 1 aliphatic rings. The highest BCUT2D eigenvalue weighted by Gasteiger charge is 2.04. The topological polar surface area (TPSA) is 89.2 Å². The number of allylic oxidation sites excluding steroid dienone is 2. The number of anilines is 2. The smallest absolute Gasteiger partial charge is 0.0717 e. The zero-order valence-electron chi connectivity index (χ0n) is 17.0. The van der Waals surface area contributed by atoms with E-state index in [0.717, 1.165) is 33.9 Å². The summed E-state index contributed by atoms with van der Waals surface area (Å²) in [5.41, 5.74) is 5.40. The summed E-state index contributed by atoms with van der Waals surface area (Å²) >= 11 is 0. The van der Waals surface area contributed by atoms with Gasteiger partial charge < -0.3 is 20.8 Å². The number of para-hydroxylation sites is 3. The second-order valence-corrected chi connectivity index (χ2v) is 6.92. The number of aliphatic hydroxyl groups excluding tert-OH is 2. The fourth-order valence-corrected chi connectivity index (χ4v) is 2.98. The largest absolute Gasteiger partial charge is 0.396 e. The Kier molecular flexibility index (Phi) is 8.38. The van der Waals surface area contributed by atoms with Crippen LogP contribution in [0.3, 0.4) is 0 Å². The summed E-state index contributed by atoms with van der Waals surface area (Å²) in [7, 11) is 0. The molecule has 2 aromatic carbocycles. The minimum Gasteiger partial charge on any atom is -0.396 e. The highest BCUT2D eigenvalue weighted by atomic mass is 16.3. The normalized spacial score (nSPS) is 17.3. The van der Waals surface area contributed by atoms with Crippen LogP contribution in [0.25, 0.3) is 0 Å². The molecule has 3 rings (SSSR count). The summed E-state index contributed by atoms with van der Waals surface area (Å²) in [6.45, 7) is 0.251. The van der Waals surface area contributed by atoms with Crippen LogP contribution in [0, 0.1) is 0 Å². The second kappa shape index (κ2) is 11.7. The van der Waals surface area contributed by atoms with Crippen LogP contribution in [-0.2, 0) is 0 Å². The van der Waals surface area contributed by atoms with Gasteiger partial charge in [0, 0.05) is 43.6 Å². The lowest BCUT2D eigenvalue weighted by Crippen LogP contribution is -2.00. The average molecular weight is 405 g/mol. The van der Waals surface area contributed by atoms with E-state index in [1.54, 1.807) is 0 Å². The Morgan fingerprint density at radius 2 is 1.37 bits per heavy atom. The minimum atomic E-state index is 0.118. The molecule has 0 atom stereocenters. The van der Waals surface area contributed by atoms with E-state index in [-0.39, 0.29) is 13.2 Å². The lowest BCUT2D eigenvalue weighted by atomic mass is 10.1. The molecule has 0 bridgehead atoms. The van der Waals surface area contributed by atoms with Crippen molar-refractivity contribution in [2.45, 2.75) is 25.7 Å². The van der Waals surface area contributed by atoms with E-state index < -0.39 is 0 Å². The molecule has 4 N–H and O–H groups in total. The molecule has 0 aliphatic carbocycles. The third-order valence-corrected chi connectivity index (χ3v) is 4.62. The van der Waals surface area contributed by atoms with Gasteiger partial charge in [0.25, 0.3) is 0 Å². The highest BCUT2D eigenvalue weighted by Crippen LogP contribution is 2.23. The van der Waals surface area contributed by atoms with E-state index in [4.69, 9.17) is 0 Å². The van der Waals surface area contributed by atoms with Gasteiger partial charge in [-0.25, -0.2) is 0 Å². The Balaban J connectivity index is 2.01. The molecule has 0 spiro atoms. The molecule has 156 valence electrons. The fourth-order valence-electron chi connectivity index (χ4n) is 2.98. The predicted octanol–water partition coefficient (Wildman–Crippen LogP) is 4.62. The van der Waals surface area contributed by atoms with Crippen LogP contribution >= 0.6 is 0 Å². The summed E-state index contributed by atoms with van der Waals surface area (Å²) in [4.78, 5) is 9.32. The maximum Gasteiger partial charge on any atom is 0.0717 e. The van der Waals surface area contributed by atoms with E-state index in [2.05, 4.69) is 20.6 Å². The number of benzene rings is 2. The third kappa shape index (κ3) is 6.40. The average Bonchev–Trinajstić information content (AvgIpc) is 2.79. The number of rotatable bonds is 6. The molecule has 6 heteroatoms. The van der Waals surface area contributed by atoms with Crippen molar-refractivity contribution in [3.8, 4) is 0 Å². The van der Waals surface area contributed by atoms with Crippen LogP contribution in [0.4, 0.5) is 17.1 Å². The first-order valence-corrected chi connectivity index (χ1v) is 10.2. The van der Waals surface area contributed by atoms with Crippen LogP contribution in [-0.4, -0.2) is 35.9 Å². The molecule has 1 heterocycles. The van der Waals surface area contributed by atoms with E-state index in [0.29, 0.717) is 25.7 Å². The number of fused-ring (bicyclic) bond motifs is 2. The van der Waals surface area contributed by atoms with Crippen molar-refractivity contribution in [2.24, 2.45) is 9.98 Å². The van der Waals surface area contributed by atoms with Gasteiger partial charge in [0.2, 0.25) is 0 Å². The molecular formula is C24H28N4O2. The number of nitrogens with one attached hydrogen (secondary N) is 2. The molecule has 6 nitrogen and oxygen atoms in total. The lowest BCUT2D eigenvalue weighted by Gasteiger charge is -2.12. The van der Waals surface area contributed by atoms with Crippen molar-refractivity contribution >= 4 is 29.5 Å². The maximum absolute atomic E-state index is 9.23. The van der Waals surface area contributed by atoms with Gasteiger partial charge in [-0.05, 0) is 49.5 Å². The Bertz CT molecular complexity index is 872. The van der Waals surface area contributed by atoms with Gasteiger partial charge in [0.1, 0.15) is 0 Å². The van der Waals surface area contributed by atoms with Gasteiger partial charge in [-0.2, -0.15) is 0 Å². The zero-order chi connectivity index (χ0) is 21.0. The molecule has 0 fully saturated rings. The molecule has 0 amide bonds. The molecule has 2 aromatic rings. The van der Waals surface area contributed by atoms with E-state index >= 15 is 0 Å². The molecule has 0 aromatic heterocycles. The van der Waals surface area contributed by atoms with Crippen LogP contribution in [0.5, 0.6) is 0 Å². The van der Waals surface area contributed by atoms with Gasteiger partial charge in [0.05, 0.1) is 22.8 Å². The lowest BCUT2D eigenvalue weighted by molar-refractivity contribution is 0.288. The Morgan fingerprint density at radius 1 is 0.700 bits per heavy atom. The molecule has 30 heavy (non-hydrogen) atoms. The molecule has 1 aliphatic heterocycles. The van der Waals surface area contributed by atoms with E-state index in [1.165, 1.54) is 0 Å². The summed E-state index contributed by atoms with van der Waals surface area (Å²) in [6.07, 6.45) is 10.1. The SMILES string of the molecule is OCCC/C1=C/Nc2ccccc2N/C=C(\CCCO)N=Cc2ccccc2N=C1. The first kappa shape index (κ1) is 21.5. The van der Waals surface area contributed by atoms with Gasteiger partial charge in [-0.15, -0.1) is 0 Å². The Hall–Kier alpha value is -3.22. The first-order chi connectivity index (χ1) is 14.8. The van der Waals surface area contributed by atoms with E-state index in [1.807, 2.05) is 73.4 Å². The third-order valence-electron chi connectivity index (χ3n) is 4.62. The molecule has 0 saturated heterocycles. The van der Waals surface area contributed by atoms with Crippen LogP contribution in [0.15, 0.2) is 82.2 Å². The van der Waals surface area contributed by atoms with Crippen molar-refractivity contribution in [1.29, 1.82) is 0 Å². The number of hydrogen-bond acceptors (Lipinski definition) is 6. The molecule has 0 radical (unpaired) electrons. The highest BCUT2D eigenvalue weighted by molar-refractivity contribution is 5.90. The monoisotopic (exact) mass is 404 g/mol. The van der Waals surface area contributed by atoms with Gasteiger partial charge in [-0.3, -0.25) is 9.98 Å². The standard InChI is InChI=1S/C24H28N4O2/c29-13-5-7-19-15-26-22-10-2-1-8-20(22)17-25-21(9-6-14-30)18-28-24-12-4-3-11-23(24)27-16-19/h1-4,8,10-12,15-18,27-30H,5-7,9,13-14H2/b19-16-,21-18+,25-17?,26-15?. The quantitative estimate of drug-likeness (QED) is 0.566. The zero-order valence-corrected chi connectivity index (χ0v) is 17.0. The van der Waals surface area contributed by atoms with Crippen LogP contribution in [0.2, 0.25) is 0 Å². The number of aliphatic hydroxyl groups is 2. The molecule has 0 saturated carbocycles. The minimum absolute atomic E-state index is 0.118. The van der Waals surface area contributed by atoms with Gasteiger partial charge in [0.15, 0.2) is 0 Å². The van der Waals surface area contributed by atoms with Crippen molar-refractivity contribution in [2.75, 3.05) is 23.8 Å². The summed E-state index contributed by atoms with van der Waals surface area (Å²) in [5, 5.41) is 25.1. The van der Waals surface area contributed by atoms with Crippen LogP contribution < -0.4 is 10.6 Å². The Morgan fingerprint density at radius 3 is 2.13 bits per heavy atom. The first-order valence-electron chi connectivity index (χ1n) is 10.2. The summed E-state index contributed by atoms with van der Waals surface area (Å²) in [5.74, 6) is 0. The number of aliphatic imine (C=N–C) groups is 2. The summed E-state index contributed by atoms with van der Waals surface area (Å²) < 4.78 is 0. The number of hydrogen-bond donors (Lipinski definition) is 4. The van der Waals surface area contributed by atoms with Crippen molar-refractivity contribution in [1.82, 2.24) is 0 Å². The van der Waals surface area contributed by atoms with Crippen molar-refractivity contribution < 1.29 is 10.2 Å². The molecular weight excluding hydrogens is 376 g/mol. The van der Waals surface area contributed by atoms with Crippen molar-refractivity contribution in [3.05, 3.63) is 77.8 Å².